The van der Waals surface area contributed by atoms with Crippen LogP contribution in [0.1, 0.15) is 22.6 Å². The molecule has 0 saturated heterocycles. The van der Waals surface area contributed by atoms with Gasteiger partial charge in [0.1, 0.15) is 18.4 Å². The molecule has 0 bridgehead atoms. The lowest BCUT2D eigenvalue weighted by Crippen LogP contribution is -2.15. The molecule has 3 aromatic carbocycles. The van der Waals surface area contributed by atoms with Crippen molar-refractivity contribution >= 4 is 28.0 Å². The summed E-state index contributed by atoms with van der Waals surface area (Å²) in [5.74, 6) is 2.25. The standard InChI is InChI=1S/C24H17ClN4O3/c1-30-18-8-7-13(9-19(18)31-2)20-16-10-17(25)14-5-3-4-6-15(14)22(16)32-24-21(20)23-26-11-28-29(23)12-27-24/h3-12,20H,1-2H3. The number of ether oxygens (including phenoxy) is 3. The summed E-state index contributed by atoms with van der Waals surface area (Å²) in [4.78, 5) is 9.03. The quantitative estimate of drug-likeness (QED) is 0.372. The highest BCUT2D eigenvalue weighted by Crippen LogP contribution is 2.52. The molecule has 2 aromatic heterocycles. The van der Waals surface area contributed by atoms with Crippen molar-refractivity contribution in [1.29, 1.82) is 0 Å². The molecular formula is C24H17ClN4O3. The van der Waals surface area contributed by atoms with Gasteiger partial charge in [0.25, 0.3) is 0 Å². The maximum absolute atomic E-state index is 6.73. The number of rotatable bonds is 3. The molecular weight excluding hydrogens is 428 g/mol. The SMILES string of the molecule is COc1ccc(C2c3cc(Cl)c4ccccc4c3Oc3ncn4ncnc4c32)cc1OC. The predicted octanol–water partition coefficient (Wildman–Crippen LogP) is 5.23. The van der Waals surface area contributed by atoms with Gasteiger partial charge in [0.05, 0.1) is 19.8 Å². The second-order valence-electron chi connectivity index (χ2n) is 7.46. The summed E-state index contributed by atoms with van der Waals surface area (Å²) in [6.07, 6.45) is 3.11. The minimum Gasteiger partial charge on any atom is -0.493 e. The smallest absolute Gasteiger partial charge is 0.228 e. The van der Waals surface area contributed by atoms with E-state index in [1.807, 2.05) is 48.5 Å². The zero-order valence-electron chi connectivity index (χ0n) is 17.2. The third-order valence-corrected chi connectivity index (χ3v) is 6.15. The number of benzene rings is 3. The summed E-state index contributed by atoms with van der Waals surface area (Å²) in [7, 11) is 3.24. The van der Waals surface area contributed by atoms with Gasteiger partial charge in [0, 0.05) is 27.3 Å². The molecule has 1 atom stereocenters. The maximum Gasteiger partial charge on any atom is 0.228 e. The summed E-state index contributed by atoms with van der Waals surface area (Å²) in [5, 5.41) is 6.75. The molecule has 32 heavy (non-hydrogen) atoms. The summed E-state index contributed by atoms with van der Waals surface area (Å²) in [6.45, 7) is 0. The highest BCUT2D eigenvalue weighted by atomic mass is 35.5. The number of methoxy groups -OCH3 is 2. The van der Waals surface area contributed by atoms with E-state index in [9.17, 15) is 0 Å². The van der Waals surface area contributed by atoms with Crippen molar-refractivity contribution in [2.75, 3.05) is 14.2 Å². The van der Waals surface area contributed by atoms with Gasteiger partial charge in [0.15, 0.2) is 17.1 Å². The highest BCUT2D eigenvalue weighted by molar-refractivity contribution is 6.36. The Morgan fingerprint density at radius 2 is 1.78 bits per heavy atom. The van der Waals surface area contributed by atoms with Crippen LogP contribution in [-0.4, -0.2) is 33.8 Å². The molecule has 6 rings (SSSR count). The van der Waals surface area contributed by atoms with Crippen LogP contribution in [-0.2, 0) is 0 Å². The lowest BCUT2D eigenvalue weighted by atomic mass is 9.82. The van der Waals surface area contributed by atoms with Crippen LogP contribution >= 0.6 is 11.6 Å². The van der Waals surface area contributed by atoms with Gasteiger partial charge in [0.2, 0.25) is 5.88 Å². The van der Waals surface area contributed by atoms with Crippen LogP contribution in [0.4, 0.5) is 0 Å². The molecule has 1 unspecified atom stereocenters. The van der Waals surface area contributed by atoms with Crippen molar-refractivity contribution in [2.45, 2.75) is 5.92 Å². The zero-order valence-corrected chi connectivity index (χ0v) is 18.0. The third kappa shape index (κ3) is 2.64. The van der Waals surface area contributed by atoms with E-state index in [-0.39, 0.29) is 5.92 Å². The molecule has 0 saturated carbocycles. The Morgan fingerprint density at radius 3 is 2.59 bits per heavy atom. The van der Waals surface area contributed by atoms with Crippen LogP contribution in [0.3, 0.4) is 0 Å². The molecule has 0 N–H and O–H groups in total. The third-order valence-electron chi connectivity index (χ3n) is 5.84. The van der Waals surface area contributed by atoms with Crippen LogP contribution < -0.4 is 14.2 Å². The fourth-order valence-electron chi connectivity index (χ4n) is 4.42. The molecule has 5 aromatic rings. The monoisotopic (exact) mass is 444 g/mol. The van der Waals surface area contributed by atoms with Crippen LogP contribution in [0.2, 0.25) is 5.02 Å². The molecule has 0 spiro atoms. The van der Waals surface area contributed by atoms with Crippen molar-refractivity contribution in [2.24, 2.45) is 0 Å². The highest BCUT2D eigenvalue weighted by Gasteiger charge is 2.35. The van der Waals surface area contributed by atoms with E-state index in [4.69, 9.17) is 25.8 Å². The van der Waals surface area contributed by atoms with Gasteiger partial charge in [-0.1, -0.05) is 41.9 Å². The summed E-state index contributed by atoms with van der Waals surface area (Å²) in [6, 6.07) is 15.7. The largest absolute Gasteiger partial charge is 0.493 e. The molecule has 8 heteroatoms. The fraction of sp³-hybridized carbons (Fsp3) is 0.125. The van der Waals surface area contributed by atoms with Crippen LogP contribution in [0, 0.1) is 0 Å². The Balaban J connectivity index is 1.70. The van der Waals surface area contributed by atoms with Crippen LogP contribution in [0.25, 0.3) is 16.4 Å². The lowest BCUT2D eigenvalue weighted by Gasteiger charge is -2.29. The number of halogens is 1. The van der Waals surface area contributed by atoms with E-state index >= 15 is 0 Å². The number of hydrogen-bond acceptors (Lipinski definition) is 6. The Labute approximate surface area is 188 Å². The average Bonchev–Trinajstić information content (AvgIpc) is 3.32. The van der Waals surface area contributed by atoms with E-state index in [0.29, 0.717) is 28.0 Å². The van der Waals surface area contributed by atoms with Gasteiger partial charge in [-0.3, -0.25) is 0 Å². The molecule has 158 valence electrons. The van der Waals surface area contributed by atoms with Crippen molar-refractivity contribution in [1.82, 2.24) is 19.6 Å². The average molecular weight is 445 g/mol. The van der Waals surface area contributed by atoms with Crippen molar-refractivity contribution < 1.29 is 14.2 Å². The van der Waals surface area contributed by atoms with Crippen LogP contribution in [0.5, 0.6) is 23.1 Å². The van der Waals surface area contributed by atoms with Crippen molar-refractivity contribution in [3.05, 3.63) is 82.9 Å². The summed E-state index contributed by atoms with van der Waals surface area (Å²) in [5.41, 5.74) is 3.38. The van der Waals surface area contributed by atoms with Gasteiger partial charge < -0.3 is 14.2 Å². The first-order chi connectivity index (χ1) is 15.7. The molecule has 0 amide bonds. The second kappa shape index (κ2) is 7.10. The summed E-state index contributed by atoms with van der Waals surface area (Å²) >= 11 is 6.73. The Kier molecular flexibility index (Phi) is 4.19. The first kappa shape index (κ1) is 18.9. The zero-order chi connectivity index (χ0) is 21.8. The number of fused-ring (bicyclic) bond motifs is 6. The van der Waals surface area contributed by atoms with E-state index in [1.54, 1.807) is 25.1 Å². The van der Waals surface area contributed by atoms with E-state index in [2.05, 4.69) is 15.1 Å². The number of aromatic nitrogens is 4. The predicted molar refractivity (Wildman–Crippen MR) is 120 cm³/mol. The molecule has 0 radical (unpaired) electrons. The Morgan fingerprint density at radius 1 is 0.969 bits per heavy atom. The van der Waals surface area contributed by atoms with Crippen LogP contribution in [0.15, 0.2) is 61.2 Å². The van der Waals surface area contributed by atoms with Crippen molar-refractivity contribution in [3.8, 4) is 23.1 Å². The molecule has 0 aliphatic carbocycles. The van der Waals surface area contributed by atoms with Gasteiger partial charge >= 0.3 is 0 Å². The molecule has 7 nitrogen and oxygen atoms in total. The summed E-state index contributed by atoms with van der Waals surface area (Å²) < 4.78 is 19.0. The van der Waals surface area contributed by atoms with Gasteiger partial charge in [-0.15, -0.1) is 0 Å². The second-order valence-corrected chi connectivity index (χ2v) is 7.87. The van der Waals surface area contributed by atoms with E-state index in [0.717, 1.165) is 33.2 Å². The number of nitrogens with zero attached hydrogens (tertiary/aromatic N) is 4. The fourth-order valence-corrected chi connectivity index (χ4v) is 4.70. The van der Waals surface area contributed by atoms with Crippen molar-refractivity contribution in [3.63, 3.8) is 0 Å². The molecule has 1 aliphatic heterocycles. The lowest BCUT2D eigenvalue weighted by molar-refractivity contribution is 0.354. The van der Waals surface area contributed by atoms with E-state index < -0.39 is 0 Å². The first-order valence-corrected chi connectivity index (χ1v) is 10.4. The molecule has 0 fully saturated rings. The Hall–Kier alpha value is -3.84. The topological polar surface area (TPSA) is 70.8 Å². The van der Waals surface area contributed by atoms with E-state index in [1.165, 1.54) is 6.33 Å². The van der Waals surface area contributed by atoms with Gasteiger partial charge in [-0.25, -0.2) is 14.5 Å². The minimum atomic E-state index is -0.254. The normalized spacial score (nSPS) is 14.7. The molecule has 3 heterocycles. The number of hydrogen-bond donors (Lipinski definition) is 0. The minimum absolute atomic E-state index is 0.254. The molecule has 1 aliphatic rings. The Bertz CT molecular complexity index is 1510. The van der Waals surface area contributed by atoms with Gasteiger partial charge in [-0.2, -0.15) is 5.10 Å². The first-order valence-electron chi connectivity index (χ1n) is 9.98. The van der Waals surface area contributed by atoms with Gasteiger partial charge in [-0.05, 0) is 23.8 Å². The maximum atomic E-state index is 6.73.